The van der Waals surface area contributed by atoms with E-state index in [1.165, 1.54) is 12.1 Å². The van der Waals surface area contributed by atoms with Crippen LogP contribution in [0.1, 0.15) is 5.56 Å². The molecule has 2 aromatic rings. The lowest BCUT2D eigenvalue weighted by Crippen LogP contribution is -2.09. The van der Waals surface area contributed by atoms with Crippen molar-refractivity contribution in [3.8, 4) is 16.9 Å². The van der Waals surface area contributed by atoms with Gasteiger partial charge in [-0.1, -0.05) is 12.1 Å². The van der Waals surface area contributed by atoms with Crippen molar-refractivity contribution in [2.24, 2.45) is 0 Å². The normalized spacial score (nSPS) is 11.7. The molecule has 0 unspecified atom stereocenters. The second kappa shape index (κ2) is 5.05. The van der Waals surface area contributed by atoms with Gasteiger partial charge in [0.05, 0.1) is 11.1 Å². The number of rotatable bonds is 2. The van der Waals surface area contributed by atoms with Crippen molar-refractivity contribution in [1.29, 1.82) is 0 Å². The first-order chi connectivity index (χ1) is 9.21. The quantitative estimate of drug-likeness (QED) is 0.867. The van der Waals surface area contributed by atoms with Crippen molar-refractivity contribution in [3.05, 3.63) is 34.5 Å². The predicted octanol–water partition coefficient (Wildman–Crippen LogP) is 4.50. The van der Waals surface area contributed by atoms with Crippen LogP contribution in [0.15, 0.2) is 33.4 Å². The van der Waals surface area contributed by atoms with E-state index < -0.39 is 11.7 Å². The lowest BCUT2D eigenvalue weighted by atomic mass is 10.0. The Balaban J connectivity index is 2.63. The van der Waals surface area contributed by atoms with E-state index in [0.29, 0.717) is 0 Å². The number of aromatic hydroxyl groups is 1. The minimum Gasteiger partial charge on any atom is -0.503 e. The number of hydrogen-bond donors (Lipinski definition) is 1. The zero-order chi connectivity index (χ0) is 15.1. The van der Waals surface area contributed by atoms with Gasteiger partial charge in [0.15, 0.2) is 5.75 Å². The van der Waals surface area contributed by atoms with Gasteiger partial charge in [0, 0.05) is 14.1 Å². The van der Waals surface area contributed by atoms with E-state index in [9.17, 15) is 18.3 Å². The Kier molecular flexibility index (Phi) is 3.73. The third-order valence-electron chi connectivity index (χ3n) is 2.71. The maximum absolute atomic E-state index is 12.7. The first kappa shape index (κ1) is 14.8. The van der Waals surface area contributed by atoms with Crippen LogP contribution >= 0.6 is 15.9 Å². The number of hydrogen-bond acceptors (Lipinski definition) is 3. The molecule has 0 atom stereocenters. The molecule has 0 aliphatic carbocycles. The highest BCUT2D eigenvalue weighted by Gasteiger charge is 2.31. The molecule has 0 amide bonds. The van der Waals surface area contributed by atoms with Gasteiger partial charge in [0.25, 0.3) is 0 Å². The van der Waals surface area contributed by atoms with E-state index >= 15 is 0 Å². The van der Waals surface area contributed by atoms with Crippen molar-refractivity contribution in [1.82, 2.24) is 0 Å². The standard InChI is InChI=1S/C13H11BrF3NO2/c1-18(2)12-9(10(19)11(14)20-12)7-4-3-5-8(6-7)13(15,16)17/h3-6,19H,1-2H3. The molecule has 1 N–H and O–H groups in total. The van der Waals surface area contributed by atoms with Gasteiger partial charge in [-0.2, -0.15) is 13.2 Å². The van der Waals surface area contributed by atoms with Crippen LogP contribution in [0.5, 0.6) is 5.75 Å². The highest BCUT2D eigenvalue weighted by atomic mass is 79.9. The summed E-state index contributed by atoms with van der Waals surface area (Å²) in [6.45, 7) is 0. The van der Waals surface area contributed by atoms with Gasteiger partial charge in [0.2, 0.25) is 10.6 Å². The molecular weight excluding hydrogens is 339 g/mol. The van der Waals surface area contributed by atoms with Crippen molar-refractivity contribution >= 4 is 21.8 Å². The number of alkyl halides is 3. The number of benzene rings is 1. The van der Waals surface area contributed by atoms with Gasteiger partial charge in [-0.25, -0.2) is 0 Å². The van der Waals surface area contributed by atoms with Gasteiger partial charge < -0.3 is 14.4 Å². The zero-order valence-corrected chi connectivity index (χ0v) is 12.2. The lowest BCUT2D eigenvalue weighted by molar-refractivity contribution is -0.137. The number of anilines is 1. The van der Waals surface area contributed by atoms with Crippen LogP contribution in [0.2, 0.25) is 0 Å². The molecule has 0 saturated carbocycles. The van der Waals surface area contributed by atoms with E-state index in [2.05, 4.69) is 15.9 Å². The number of nitrogens with zero attached hydrogens (tertiary/aromatic N) is 1. The smallest absolute Gasteiger partial charge is 0.416 e. The summed E-state index contributed by atoms with van der Waals surface area (Å²) in [7, 11) is 3.34. The van der Waals surface area contributed by atoms with Crippen molar-refractivity contribution < 1.29 is 22.7 Å². The maximum Gasteiger partial charge on any atom is 0.416 e. The Morgan fingerprint density at radius 2 is 1.90 bits per heavy atom. The van der Waals surface area contributed by atoms with Crippen LogP contribution in [-0.4, -0.2) is 19.2 Å². The molecule has 7 heteroatoms. The van der Waals surface area contributed by atoms with Crippen molar-refractivity contribution in [2.45, 2.75) is 6.18 Å². The van der Waals surface area contributed by atoms with Crippen LogP contribution < -0.4 is 4.90 Å². The van der Waals surface area contributed by atoms with Crippen molar-refractivity contribution in [3.63, 3.8) is 0 Å². The molecule has 0 saturated heterocycles. The molecule has 0 radical (unpaired) electrons. The average molecular weight is 350 g/mol. The fourth-order valence-corrected chi connectivity index (χ4v) is 2.16. The number of furan rings is 1. The van der Waals surface area contributed by atoms with Crippen LogP contribution in [0, 0.1) is 0 Å². The van der Waals surface area contributed by atoms with E-state index in [0.717, 1.165) is 12.1 Å². The second-order valence-corrected chi connectivity index (χ2v) is 5.10. The highest BCUT2D eigenvalue weighted by molar-refractivity contribution is 9.10. The Hall–Kier alpha value is -1.63. The molecule has 1 aromatic carbocycles. The molecule has 0 aliphatic heterocycles. The van der Waals surface area contributed by atoms with Gasteiger partial charge >= 0.3 is 6.18 Å². The molecule has 3 nitrogen and oxygen atoms in total. The van der Waals surface area contributed by atoms with E-state index in [-0.39, 0.29) is 27.4 Å². The molecule has 1 aromatic heterocycles. The van der Waals surface area contributed by atoms with Gasteiger partial charge in [-0.3, -0.25) is 0 Å². The van der Waals surface area contributed by atoms with Crippen LogP contribution in [0.4, 0.5) is 19.1 Å². The molecular formula is C13H11BrF3NO2. The van der Waals surface area contributed by atoms with Crippen molar-refractivity contribution in [2.75, 3.05) is 19.0 Å². The molecule has 0 fully saturated rings. The molecule has 0 spiro atoms. The van der Waals surface area contributed by atoms with Gasteiger partial charge in [-0.15, -0.1) is 0 Å². The van der Waals surface area contributed by atoms with E-state index in [4.69, 9.17) is 4.42 Å². The summed E-state index contributed by atoms with van der Waals surface area (Å²) in [4.78, 5) is 1.57. The largest absolute Gasteiger partial charge is 0.503 e. The molecule has 20 heavy (non-hydrogen) atoms. The SMILES string of the molecule is CN(C)c1oc(Br)c(O)c1-c1cccc(C(F)(F)F)c1. The molecule has 0 bridgehead atoms. The first-order valence-corrected chi connectivity index (χ1v) is 6.37. The third-order valence-corrected chi connectivity index (χ3v) is 3.25. The Morgan fingerprint density at radius 3 is 2.45 bits per heavy atom. The Bertz CT molecular complexity index is 635. The fourth-order valence-electron chi connectivity index (χ4n) is 1.81. The zero-order valence-electron chi connectivity index (χ0n) is 10.6. The summed E-state index contributed by atoms with van der Waals surface area (Å²) < 4.78 is 43.6. The lowest BCUT2D eigenvalue weighted by Gasteiger charge is -2.12. The van der Waals surface area contributed by atoms with Crippen LogP contribution in [0.3, 0.4) is 0 Å². The van der Waals surface area contributed by atoms with Crippen LogP contribution in [-0.2, 0) is 6.18 Å². The Labute approximate surface area is 121 Å². The van der Waals surface area contributed by atoms with E-state index in [1.807, 2.05) is 0 Å². The average Bonchev–Trinajstić information content (AvgIpc) is 2.65. The highest BCUT2D eigenvalue weighted by Crippen LogP contribution is 2.46. The summed E-state index contributed by atoms with van der Waals surface area (Å²) in [6.07, 6.45) is -4.44. The molecule has 2 rings (SSSR count). The minimum absolute atomic E-state index is 0.0774. The molecule has 108 valence electrons. The fraction of sp³-hybridized carbons (Fsp3) is 0.231. The van der Waals surface area contributed by atoms with E-state index in [1.54, 1.807) is 19.0 Å². The summed E-state index contributed by atoms with van der Waals surface area (Å²) in [5.41, 5.74) is -0.333. The van der Waals surface area contributed by atoms with Gasteiger partial charge in [0.1, 0.15) is 0 Å². The summed E-state index contributed by atoms with van der Waals surface area (Å²) in [5.74, 6) is 0.0433. The predicted molar refractivity (Wildman–Crippen MR) is 72.8 cm³/mol. The topological polar surface area (TPSA) is 36.6 Å². The molecule has 1 heterocycles. The third kappa shape index (κ3) is 2.63. The maximum atomic E-state index is 12.7. The second-order valence-electron chi connectivity index (χ2n) is 4.38. The number of halogens is 4. The van der Waals surface area contributed by atoms with Gasteiger partial charge in [-0.05, 0) is 33.6 Å². The molecule has 0 aliphatic rings. The summed E-state index contributed by atoms with van der Waals surface area (Å²) in [6, 6.07) is 4.73. The minimum atomic E-state index is -4.44. The van der Waals surface area contributed by atoms with Crippen LogP contribution in [0.25, 0.3) is 11.1 Å². The summed E-state index contributed by atoms with van der Waals surface area (Å²) >= 11 is 3.02. The Morgan fingerprint density at radius 1 is 1.25 bits per heavy atom. The first-order valence-electron chi connectivity index (χ1n) is 5.58. The summed E-state index contributed by atoms with van der Waals surface area (Å²) in [5, 5.41) is 9.97. The monoisotopic (exact) mass is 349 g/mol.